The molecule has 2 N–H and O–H groups in total. The monoisotopic (exact) mass is 331 g/mol. The minimum Gasteiger partial charge on any atom is -0.480 e. The third-order valence-electron chi connectivity index (χ3n) is 3.26. The number of aromatic nitrogens is 2. The van der Waals surface area contributed by atoms with E-state index in [2.05, 4.69) is 31.2 Å². The van der Waals surface area contributed by atoms with E-state index in [9.17, 15) is 9.90 Å². The highest BCUT2D eigenvalue weighted by Gasteiger charge is 2.49. The van der Waals surface area contributed by atoms with Crippen molar-refractivity contribution in [1.29, 1.82) is 0 Å². The van der Waals surface area contributed by atoms with E-state index in [1.165, 1.54) is 11.8 Å². The van der Waals surface area contributed by atoms with Crippen LogP contribution in [0, 0.1) is 0 Å². The summed E-state index contributed by atoms with van der Waals surface area (Å²) in [5.74, 6) is -0.436. The molecule has 98 valence electrons. The molecule has 2 unspecified atom stereocenters. The molecule has 18 heavy (non-hydrogen) atoms. The van der Waals surface area contributed by atoms with Crippen molar-refractivity contribution in [3.63, 3.8) is 0 Å². The van der Waals surface area contributed by atoms with Crippen LogP contribution in [-0.2, 0) is 4.79 Å². The van der Waals surface area contributed by atoms with Crippen LogP contribution in [0.4, 0.5) is 0 Å². The van der Waals surface area contributed by atoms with Gasteiger partial charge in [0.1, 0.15) is 15.2 Å². The number of nitrogens with zero attached hydrogens (tertiary/aromatic N) is 2. The van der Waals surface area contributed by atoms with Gasteiger partial charge in [-0.2, -0.15) is 0 Å². The molecule has 5 nitrogen and oxygen atoms in total. The molecular formula is C11H14BrN3O2S. The van der Waals surface area contributed by atoms with E-state index in [1.54, 1.807) is 12.3 Å². The Morgan fingerprint density at radius 3 is 3.11 bits per heavy atom. The highest BCUT2D eigenvalue weighted by Crippen LogP contribution is 2.42. The summed E-state index contributed by atoms with van der Waals surface area (Å²) in [7, 11) is 0. The molecule has 0 bridgehead atoms. The highest BCUT2D eigenvalue weighted by atomic mass is 79.9. The molecule has 0 amide bonds. The molecule has 0 aliphatic carbocycles. The third kappa shape index (κ3) is 2.39. The van der Waals surface area contributed by atoms with Crippen LogP contribution in [0.5, 0.6) is 0 Å². The largest absolute Gasteiger partial charge is 0.480 e. The Morgan fingerprint density at radius 2 is 2.50 bits per heavy atom. The lowest BCUT2D eigenvalue weighted by atomic mass is 9.84. The summed E-state index contributed by atoms with van der Waals surface area (Å²) in [4.78, 5) is 20.2. The Morgan fingerprint density at radius 1 is 1.72 bits per heavy atom. The Labute approximate surface area is 118 Å². The van der Waals surface area contributed by atoms with E-state index in [1.807, 2.05) is 6.26 Å². The number of carbonyl (C=O) groups is 1. The number of piperidine rings is 1. The van der Waals surface area contributed by atoms with Gasteiger partial charge in [-0.3, -0.25) is 4.79 Å². The molecule has 1 saturated heterocycles. The lowest BCUT2D eigenvalue weighted by molar-refractivity contribution is -0.141. The molecule has 2 atom stereocenters. The van der Waals surface area contributed by atoms with E-state index < -0.39 is 10.7 Å². The number of thioether (sulfide) groups is 1. The van der Waals surface area contributed by atoms with Crippen molar-refractivity contribution in [3.05, 3.63) is 22.7 Å². The fraction of sp³-hybridized carbons (Fsp3) is 0.545. The molecule has 1 aliphatic heterocycles. The van der Waals surface area contributed by atoms with Crippen LogP contribution in [0.25, 0.3) is 0 Å². The predicted molar refractivity (Wildman–Crippen MR) is 73.8 cm³/mol. The smallest absolute Gasteiger partial charge is 0.320 e. The van der Waals surface area contributed by atoms with Gasteiger partial charge in [-0.25, -0.2) is 9.97 Å². The Kier molecular flexibility index (Phi) is 4.24. The number of rotatable bonds is 3. The van der Waals surface area contributed by atoms with E-state index in [4.69, 9.17) is 0 Å². The summed E-state index contributed by atoms with van der Waals surface area (Å²) in [6.07, 6.45) is 4.06. The van der Waals surface area contributed by atoms with Crippen molar-refractivity contribution in [3.8, 4) is 0 Å². The Hall–Kier alpha value is -0.660. The third-order valence-corrected chi connectivity index (χ3v) is 5.10. The average molecular weight is 332 g/mol. The van der Waals surface area contributed by atoms with Crippen LogP contribution in [0.2, 0.25) is 0 Å². The standard InChI is InChI=1S/C11H14BrN3O2S/c1-18-11(10(16)17)3-5-13-6-7(11)9-14-4-2-8(12)15-9/h2,4,7,13H,3,5-6H2,1H3,(H,16,17). The molecule has 2 rings (SSSR count). The molecule has 0 spiro atoms. The van der Waals surface area contributed by atoms with Gasteiger partial charge >= 0.3 is 5.97 Å². The van der Waals surface area contributed by atoms with Crippen molar-refractivity contribution in [2.75, 3.05) is 19.3 Å². The van der Waals surface area contributed by atoms with Gasteiger partial charge in [0.25, 0.3) is 0 Å². The highest BCUT2D eigenvalue weighted by molar-refractivity contribution is 9.10. The quantitative estimate of drug-likeness (QED) is 0.817. The first-order chi connectivity index (χ1) is 8.60. The van der Waals surface area contributed by atoms with Gasteiger partial charge in [-0.1, -0.05) is 0 Å². The summed E-state index contributed by atoms with van der Waals surface area (Å²) in [6, 6.07) is 1.74. The summed E-state index contributed by atoms with van der Waals surface area (Å²) in [5, 5.41) is 12.8. The zero-order valence-electron chi connectivity index (χ0n) is 9.89. The molecule has 1 aromatic heterocycles. The average Bonchev–Trinajstić information content (AvgIpc) is 2.38. The Balaban J connectivity index is 2.42. The summed E-state index contributed by atoms with van der Waals surface area (Å²) >= 11 is 4.67. The van der Waals surface area contributed by atoms with Gasteiger partial charge in [0.2, 0.25) is 0 Å². The van der Waals surface area contributed by atoms with Gasteiger partial charge in [0.15, 0.2) is 0 Å². The normalized spacial score (nSPS) is 28.0. The minimum absolute atomic E-state index is 0.226. The second kappa shape index (κ2) is 5.54. The zero-order valence-corrected chi connectivity index (χ0v) is 12.3. The van der Waals surface area contributed by atoms with Crippen molar-refractivity contribution in [1.82, 2.24) is 15.3 Å². The number of carboxylic acid groups (broad SMARTS) is 1. The number of carboxylic acids is 1. The maximum Gasteiger partial charge on any atom is 0.320 e. The molecule has 1 aliphatic rings. The molecule has 1 fully saturated rings. The number of halogens is 1. The predicted octanol–water partition coefficient (Wildman–Crippen LogP) is 1.50. The van der Waals surface area contributed by atoms with Gasteiger partial charge in [0, 0.05) is 12.7 Å². The number of hydrogen-bond donors (Lipinski definition) is 2. The molecule has 1 aromatic rings. The van der Waals surface area contributed by atoms with Crippen molar-refractivity contribution < 1.29 is 9.90 Å². The van der Waals surface area contributed by atoms with Crippen molar-refractivity contribution >= 4 is 33.7 Å². The summed E-state index contributed by atoms with van der Waals surface area (Å²) < 4.78 is -0.162. The molecular weight excluding hydrogens is 318 g/mol. The number of aliphatic carboxylic acids is 1. The molecule has 0 aromatic carbocycles. The van der Waals surface area contributed by atoms with Crippen LogP contribution in [-0.4, -0.2) is 45.1 Å². The van der Waals surface area contributed by atoms with E-state index in [-0.39, 0.29) is 5.92 Å². The van der Waals surface area contributed by atoms with Crippen LogP contribution in [0.15, 0.2) is 16.9 Å². The lowest BCUT2D eigenvalue weighted by Gasteiger charge is -2.38. The topological polar surface area (TPSA) is 75.1 Å². The zero-order chi connectivity index (χ0) is 13.2. The second-order valence-electron chi connectivity index (χ2n) is 4.14. The van der Waals surface area contributed by atoms with Crippen LogP contribution < -0.4 is 5.32 Å². The number of nitrogens with one attached hydrogen (secondary N) is 1. The van der Waals surface area contributed by atoms with Gasteiger partial charge in [-0.15, -0.1) is 11.8 Å². The van der Waals surface area contributed by atoms with Crippen LogP contribution in [0.3, 0.4) is 0 Å². The summed E-state index contributed by atoms with van der Waals surface area (Å²) in [6.45, 7) is 1.29. The molecule has 2 heterocycles. The fourth-order valence-electron chi connectivity index (χ4n) is 2.27. The van der Waals surface area contributed by atoms with Gasteiger partial charge in [0.05, 0.1) is 5.92 Å². The Bertz CT molecular complexity index is 460. The first kappa shape index (κ1) is 13.8. The van der Waals surface area contributed by atoms with E-state index in [0.29, 0.717) is 29.9 Å². The molecule has 7 heteroatoms. The van der Waals surface area contributed by atoms with E-state index >= 15 is 0 Å². The second-order valence-corrected chi connectivity index (χ2v) is 6.09. The SMILES string of the molecule is CSC1(C(=O)O)CCNCC1c1nccc(Br)n1. The van der Waals surface area contributed by atoms with Gasteiger partial charge in [-0.05, 0) is 41.2 Å². The first-order valence-electron chi connectivity index (χ1n) is 5.58. The maximum absolute atomic E-state index is 11.7. The van der Waals surface area contributed by atoms with Crippen molar-refractivity contribution in [2.45, 2.75) is 17.1 Å². The maximum atomic E-state index is 11.7. The van der Waals surface area contributed by atoms with Gasteiger partial charge < -0.3 is 10.4 Å². The number of hydrogen-bond acceptors (Lipinski definition) is 5. The van der Waals surface area contributed by atoms with Crippen LogP contribution in [0.1, 0.15) is 18.2 Å². The summed E-state index contributed by atoms with van der Waals surface area (Å²) in [5.41, 5.74) is 0. The fourth-order valence-corrected chi connectivity index (χ4v) is 3.52. The first-order valence-corrected chi connectivity index (χ1v) is 7.59. The molecule has 0 radical (unpaired) electrons. The van der Waals surface area contributed by atoms with Crippen molar-refractivity contribution in [2.24, 2.45) is 0 Å². The van der Waals surface area contributed by atoms with Crippen LogP contribution >= 0.6 is 27.7 Å². The van der Waals surface area contributed by atoms with E-state index in [0.717, 1.165) is 0 Å². The lowest BCUT2D eigenvalue weighted by Crippen LogP contribution is -2.52. The minimum atomic E-state index is -0.841. The molecule has 0 saturated carbocycles.